The highest BCUT2D eigenvalue weighted by atomic mass is 16.5. The van der Waals surface area contributed by atoms with E-state index in [0.29, 0.717) is 18.2 Å². The molecule has 0 radical (unpaired) electrons. The minimum absolute atomic E-state index is 0.254. The zero-order valence-corrected chi connectivity index (χ0v) is 23.1. The van der Waals surface area contributed by atoms with Crippen LogP contribution in [0.4, 0.5) is 10.5 Å². The minimum atomic E-state index is -0.573. The molecule has 1 aliphatic heterocycles. The molecular weight excluding hydrogens is 462 g/mol. The first-order chi connectivity index (χ1) is 17.6. The Morgan fingerprint density at radius 2 is 1.92 bits per heavy atom. The van der Waals surface area contributed by atoms with Crippen molar-refractivity contribution in [2.45, 2.75) is 60.9 Å². The van der Waals surface area contributed by atoms with Gasteiger partial charge in [0.05, 0.1) is 18.0 Å². The Bertz CT molecular complexity index is 1240. The van der Waals surface area contributed by atoms with Crippen LogP contribution in [-0.4, -0.2) is 40.4 Å². The number of aryl methyl sites for hydroxylation is 1. The number of urea groups is 1. The van der Waals surface area contributed by atoms with E-state index in [1.165, 1.54) is 5.56 Å². The summed E-state index contributed by atoms with van der Waals surface area (Å²) in [4.78, 5) is 13.9. The number of nitrogens with zero attached hydrogens (tertiary/aromatic N) is 3. The zero-order chi connectivity index (χ0) is 26.7. The number of amides is 2. The van der Waals surface area contributed by atoms with Crippen LogP contribution in [0.15, 0.2) is 42.5 Å². The van der Waals surface area contributed by atoms with Gasteiger partial charge in [0.25, 0.3) is 0 Å². The van der Waals surface area contributed by atoms with Gasteiger partial charge in [0.1, 0.15) is 11.4 Å². The van der Waals surface area contributed by atoms with Crippen molar-refractivity contribution in [3.05, 3.63) is 59.3 Å². The third kappa shape index (κ3) is 6.16. The Morgan fingerprint density at radius 3 is 2.57 bits per heavy atom. The number of primary amides is 1. The zero-order valence-electron chi connectivity index (χ0n) is 23.1. The van der Waals surface area contributed by atoms with E-state index in [0.717, 1.165) is 66.4 Å². The fraction of sp³-hybridized carbons (Fsp3) is 0.467. The molecule has 3 N–H and O–H groups in total. The van der Waals surface area contributed by atoms with E-state index in [2.05, 4.69) is 62.5 Å². The first-order valence-electron chi connectivity index (χ1n) is 13.3. The average Bonchev–Trinajstić information content (AvgIpc) is 3.20. The number of benzene rings is 2. The lowest BCUT2D eigenvalue weighted by atomic mass is 9.88. The normalized spacial score (nSPS) is 14.0. The molecule has 198 valence electrons. The van der Waals surface area contributed by atoms with Crippen LogP contribution in [0.1, 0.15) is 57.9 Å². The van der Waals surface area contributed by atoms with Crippen molar-refractivity contribution in [2.75, 3.05) is 25.0 Å². The number of aromatic nitrogens is 2. The first kappa shape index (κ1) is 26.7. The van der Waals surface area contributed by atoms with Gasteiger partial charge in [0, 0.05) is 42.9 Å². The van der Waals surface area contributed by atoms with Crippen LogP contribution in [0, 0.1) is 18.3 Å². The van der Waals surface area contributed by atoms with E-state index in [-0.39, 0.29) is 5.41 Å². The molecule has 4 rings (SSSR count). The summed E-state index contributed by atoms with van der Waals surface area (Å²) in [6.07, 6.45) is 2.04. The Balaban J connectivity index is 1.84. The lowest BCUT2D eigenvalue weighted by Gasteiger charge is -2.34. The van der Waals surface area contributed by atoms with Gasteiger partial charge in [0.2, 0.25) is 0 Å². The number of nitrogens with one attached hydrogen (secondary N) is 1. The molecule has 2 amide bonds. The lowest BCUT2D eigenvalue weighted by molar-refractivity contribution is 0.160. The first-order valence-corrected chi connectivity index (χ1v) is 13.3. The van der Waals surface area contributed by atoms with E-state index in [9.17, 15) is 4.79 Å². The monoisotopic (exact) mass is 503 g/mol. The molecule has 3 aromatic rings. The van der Waals surface area contributed by atoms with Crippen molar-refractivity contribution in [1.29, 1.82) is 0 Å². The Kier molecular flexibility index (Phi) is 7.93. The number of ether oxygens (including phenoxy) is 1. The number of rotatable bonds is 9. The quantitative estimate of drug-likeness (QED) is 0.366. The molecule has 1 aromatic heterocycles. The van der Waals surface area contributed by atoms with Crippen molar-refractivity contribution in [3.63, 3.8) is 0 Å². The van der Waals surface area contributed by atoms with Crippen LogP contribution in [0.25, 0.3) is 16.9 Å². The van der Waals surface area contributed by atoms with Crippen molar-refractivity contribution >= 4 is 11.7 Å². The van der Waals surface area contributed by atoms with Gasteiger partial charge in [-0.1, -0.05) is 58.9 Å². The number of carbonyl (C=O) groups excluding carboxylic acids is 1. The molecule has 0 atom stereocenters. The molecule has 1 aliphatic rings. The van der Waals surface area contributed by atoms with Gasteiger partial charge in [0.15, 0.2) is 0 Å². The number of hydrogen-bond donors (Lipinski definition) is 2. The van der Waals surface area contributed by atoms with Crippen molar-refractivity contribution in [2.24, 2.45) is 17.1 Å². The van der Waals surface area contributed by atoms with Gasteiger partial charge < -0.3 is 15.8 Å². The molecule has 0 fully saturated rings. The van der Waals surface area contributed by atoms with Crippen molar-refractivity contribution in [3.8, 4) is 22.7 Å². The smallest absolute Gasteiger partial charge is 0.316 e. The number of para-hydroxylation sites is 1. The second-order valence-corrected chi connectivity index (χ2v) is 11.4. The largest absolute Gasteiger partial charge is 0.491 e. The van der Waals surface area contributed by atoms with Crippen LogP contribution >= 0.6 is 0 Å². The summed E-state index contributed by atoms with van der Waals surface area (Å²) >= 11 is 0. The number of hydrogen-bond acceptors (Lipinski definition) is 4. The van der Waals surface area contributed by atoms with Crippen molar-refractivity contribution < 1.29 is 9.53 Å². The average molecular weight is 504 g/mol. The molecule has 0 unspecified atom stereocenters. The fourth-order valence-electron chi connectivity index (χ4n) is 4.87. The van der Waals surface area contributed by atoms with Crippen LogP contribution in [0.3, 0.4) is 0 Å². The SMILES string of the molecule is CCC(C)(C)CN1CCc2nn(-c3c(C)cccc3OCC(C)C)c(-c3ccc(NC(N)=O)cc3)c2C1. The van der Waals surface area contributed by atoms with E-state index < -0.39 is 6.03 Å². The Labute approximate surface area is 221 Å². The van der Waals surface area contributed by atoms with Gasteiger partial charge in [-0.05, 0) is 48.4 Å². The summed E-state index contributed by atoms with van der Waals surface area (Å²) in [7, 11) is 0. The van der Waals surface area contributed by atoms with Gasteiger partial charge in [-0.3, -0.25) is 4.90 Å². The maximum atomic E-state index is 11.3. The van der Waals surface area contributed by atoms with Crippen LogP contribution < -0.4 is 15.8 Å². The molecule has 0 bridgehead atoms. The van der Waals surface area contributed by atoms with Gasteiger partial charge in [-0.15, -0.1) is 0 Å². The number of fused-ring (bicyclic) bond motifs is 1. The molecule has 0 aliphatic carbocycles. The summed E-state index contributed by atoms with van der Waals surface area (Å²) in [5.41, 5.74) is 12.8. The predicted octanol–water partition coefficient (Wildman–Crippen LogP) is 6.17. The van der Waals surface area contributed by atoms with Crippen molar-refractivity contribution in [1.82, 2.24) is 14.7 Å². The maximum absolute atomic E-state index is 11.3. The molecule has 37 heavy (non-hydrogen) atoms. The maximum Gasteiger partial charge on any atom is 0.316 e. The number of anilines is 1. The second-order valence-electron chi connectivity index (χ2n) is 11.4. The van der Waals surface area contributed by atoms with E-state index in [1.54, 1.807) is 0 Å². The summed E-state index contributed by atoms with van der Waals surface area (Å²) in [6.45, 7) is 16.9. The third-order valence-corrected chi connectivity index (χ3v) is 7.13. The molecule has 0 spiro atoms. The van der Waals surface area contributed by atoms with Crippen LogP contribution in [-0.2, 0) is 13.0 Å². The molecule has 7 heteroatoms. The van der Waals surface area contributed by atoms with E-state index in [4.69, 9.17) is 15.6 Å². The summed E-state index contributed by atoms with van der Waals surface area (Å²) in [6, 6.07) is 13.4. The third-order valence-electron chi connectivity index (χ3n) is 7.13. The Morgan fingerprint density at radius 1 is 1.19 bits per heavy atom. The van der Waals surface area contributed by atoms with Gasteiger partial charge in [-0.25, -0.2) is 9.48 Å². The molecule has 0 saturated carbocycles. The van der Waals surface area contributed by atoms with E-state index >= 15 is 0 Å². The molecular formula is C30H41N5O2. The standard InChI is InChI=1S/C30H41N5O2/c1-7-30(5,6)19-34-16-15-25-24(17-34)28(22-11-13-23(14-12-22)32-29(31)36)35(33-25)27-21(4)9-8-10-26(27)37-18-20(2)3/h8-14,20H,7,15-19H2,1-6H3,(H3,31,32,36). The lowest BCUT2D eigenvalue weighted by Crippen LogP contribution is -2.37. The molecule has 2 heterocycles. The summed E-state index contributed by atoms with van der Waals surface area (Å²) in [5.74, 6) is 1.25. The number of nitrogens with two attached hydrogens (primary N) is 1. The van der Waals surface area contributed by atoms with E-state index in [1.807, 2.05) is 36.4 Å². The highest BCUT2D eigenvalue weighted by Crippen LogP contribution is 2.38. The Hall–Kier alpha value is -3.32. The topological polar surface area (TPSA) is 85.4 Å². The highest BCUT2D eigenvalue weighted by Gasteiger charge is 2.30. The highest BCUT2D eigenvalue weighted by molar-refractivity contribution is 5.88. The summed E-state index contributed by atoms with van der Waals surface area (Å²) < 4.78 is 8.37. The fourth-order valence-corrected chi connectivity index (χ4v) is 4.87. The molecule has 2 aromatic carbocycles. The number of carbonyl (C=O) groups is 1. The van der Waals surface area contributed by atoms with Crippen LogP contribution in [0.5, 0.6) is 5.75 Å². The molecule has 7 nitrogen and oxygen atoms in total. The van der Waals surface area contributed by atoms with Gasteiger partial charge >= 0.3 is 6.03 Å². The minimum Gasteiger partial charge on any atom is -0.491 e. The predicted molar refractivity (Wildman–Crippen MR) is 150 cm³/mol. The second kappa shape index (κ2) is 11.0. The van der Waals surface area contributed by atoms with Crippen LogP contribution in [0.2, 0.25) is 0 Å². The molecule has 0 saturated heterocycles. The summed E-state index contributed by atoms with van der Waals surface area (Å²) in [5, 5.41) is 7.85. The van der Waals surface area contributed by atoms with Gasteiger partial charge in [-0.2, -0.15) is 5.10 Å².